The molecule has 3 heterocycles. The summed E-state index contributed by atoms with van der Waals surface area (Å²) in [5.74, 6) is -1.30. The Labute approximate surface area is 220 Å². The van der Waals surface area contributed by atoms with Gasteiger partial charge in [0.1, 0.15) is 6.04 Å². The van der Waals surface area contributed by atoms with Crippen LogP contribution in [0.25, 0.3) is 0 Å². The van der Waals surface area contributed by atoms with Crippen molar-refractivity contribution in [3.8, 4) is 0 Å². The van der Waals surface area contributed by atoms with Crippen molar-refractivity contribution in [2.45, 2.75) is 72.7 Å². The average molecular weight is 567 g/mol. The van der Waals surface area contributed by atoms with Gasteiger partial charge in [-0.2, -0.15) is 0 Å². The van der Waals surface area contributed by atoms with Gasteiger partial charge in [0.25, 0.3) is 0 Å². The van der Waals surface area contributed by atoms with Crippen molar-refractivity contribution in [2.75, 3.05) is 25.0 Å². The summed E-state index contributed by atoms with van der Waals surface area (Å²) in [5, 5.41) is 15.1. The maximum Gasteiger partial charge on any atom is 0.244 e. The molecular formula is C26H36BrN3O4S. The van der Waals surface area contributed by atoms with Gasteiger partial charge >= 0.3 is 0 Å². The molecule has 9 heteroatoms. The van der Waals surface area contributed by atoms with Crippen LogP contribution in [0, 0.1) is 11.8 Å². The Balaban J connectivity index is 1.59. The number of unbranched alkanes of at least 4 members (excludes halogenated alkanes) is 4. The normalized spacial score (nSPS) is 31.0. The monoisotopic (exact) mass is 565 g/mol. The molecule has 3 N–H and O–H groups in total. The second kappa shape index (κ2) is 11.6. The molecule has 0 aromatic heterocycles. The highest BCUT2D eigenvalue weighted by atomic mass is 79.9. The van der Waals surface area contributed by atoms with Crippen LogP contribution in [0.1, 0.15) is 51.9 Å². The molecule has 35 heavy (non-hydrogen) atoms. The van der Waals surface area contributed by atoms with Crippen molar-refractivity contribution in [1.29, 1.82) is 0 Å². The number of amides is 3. The van der Waals surface area contributed by atoms with Crippen LogP contribution >= 0.6 is 27.7 Å². The number of fused-ring (bicyclic) bond motifs is 1. The van der Waals surface area contributed by atoms with Gasteiger partial charge in [0.2, 0.25) is 17.7 Å². The minimum atomic E-state index is -0.601. The van der Waals surface area contributed by atoms with Gasteiger partial charge in [-0.25, -0.2) is 0 Å². The third kappa shape index (κ3) is 5.14. The van der Waals surface area contributed by atoms with E-state index in [9.17, 15) is 14.4 Å². The second-order valence-corrected chi connectivity index (χ2v) is 12.5. The first-order valence-corrected chi connectivity index (χ1v) is 14.6. The summed E-state index contributed by atoms with van der Waals surface area (Å²) < 4.78 is -0.601. The van der Waals surface area contributed by atoms with Gasteiger partial charge in [-0.1, -0.05) is 60.3 Å². The zero-order valence-electron chi connectivity index (χ0n) is 20.2. The van der Waals surface area contributed by atoms with E-state index in [0.29, 0.717) is 25.2 Å². The van der Waals surface area contributed by atoms with E-state index in [0.717, 1.165) is 38.5 Å². The molecule has 3 saturated heterocycles. The molecule has 0 saturated carbocycles. The molecule has 192 valence electrons. The number of nitrogens with one attached hydrogen (secondary N) is 2. The number of thioether (sulfide) groups is 1. The van der Waals surface area contributed by atoms with E-state index in [1.165, 1.54) is 0 Å². The summed E-state index contributed by atoms with van der Waals surface area (Å²) in [6.07, 6.45) is 5.87. The van der Waals surface area contributed by atoms with Gasteiger partial charge in [0.15, 0.2) is 0 Å². The van der Waals surface area contributed by atoms with E-state index in [4.69, 9.17) is 5.11 Å². The summed E-state index contributed by atoms with van der Waals surface area (Å²) >= 11 is 5.47. The van der Waals surface area contributed by atoms with Crippen LogP contribution in [0.4, 0.5) is 5.69 Å². The number of anilines is 1. The molecule has 7 nitrogen and oxygen atoms in total. The lowest BCUT2D eigenvalue weighted by Gasteiger charge is -2.35. The minimum absolute atomic E-state index is 0.0506. The summed E-state index contributed by atoms with van der Waals surface area (Å²) in [4.78, 5) is 42.8. The van der Waals surface area contributed by atoms with Crippen molar-refractivity contribution in [3.05, 3.63) is 30.3 Å². The smallest absolute Gasteiger partial charge is 0.244 e. The predicted molar refractivity (Wildman–Crippen MR) is 142 cm³/mol. The van der Waals surface area contributed by atoms with Crippen molar-refractivity contribution in [1.82, 2.24) is 10.2 Å². The SMILES string of the molecule is CCCCNC(=O)C1N(CCCCCCO)C(=O)[C@@H]2[C@@H](C(=O)Nc3ccccc3)[C@@H]3SC12CC3Br. The fourth-order valence-electron chi connectivity index (χ4n) is 5.95. The molecule has 1 spiro atoms. The summed E-state index contributed by atoms with van der Waals surface area (Å²) in [6.45, 7) is 3.34. The molecule has 0 radical (unpaired) electrons. The molecule has 3 unspecified atom stereocenters. The Kier molecular flexibility index (Phi) is 8.81. The predicted octanol–water partition coefficient (Wildman–Crippen LogP) is 3.56. The molecule has 0 aliphatic carbocycles. The first-order valence-electron chi connectivity index (χ1n) is 12.8. The number of likely N-dealkylation sites (tertiary alicyclic amines) is 1. The summed E-state index contributed by atoms with van der Waals surface area (Å²) in [6, 6.07) is 8.76. The number of aliphatic hydroxyl groups excluding tert-OH is 1. The van der Waals surface area contributed by atoms with Crippen molar-refractivity contribution in [2.24, 2.45) is 11.8 Å². The van der Waals surface area contributed by atoms with Gasteiger partial charge in [0, 0.05) is 35.5 Å². The van der Waals surface area contributed by atoms with Crippen LogP contribution in [-0.4, -0.2) is 68.3 Å². The number of alkyl halides is 1. The quantitative estimate of drug-likeness (QED) is 0.266. The third-order valence-electron chi connectivity index (χ3n) is 7.52. The Morgan fingerprint density at radius 2 is 1.89 bits per heavy atom. The fraction of sp³-hybridized carbons (Fsp3) is 0.654. The number of aliphatic hydroxyl groups is 1. The topological polar surface area (TPSA) is 98.7 Å². The van der Waals surface area contributed by atoms with Gasteiger partial charge in [-0.05, 0) is 37.8 Å². The molecule has 3 amide bonds. The first-order chi connectivity index (χ1) is 16.9. The van der Waals surface area contributed by atoms with Crippen LogP contribution in [-0.2, 0) is 14.4 Å². The second-order valence-electron chi connectivity index (χ2n) is 9.83. The molecule has 4 rings (SSSR count). The number of halogens is 1. The maximum absolute atomic E-state index is 13.9. The zero-order valence-corrected chi connectivity index (χ0v) is 22.7. The van der Waals surface area contributed by atoms with Crippen molar-refractivity contribution >= 4 is 51.1 Å². The molecule has 3 aliphatic heterocycles. The van der Waals surface area contributed by atoms with Gasteiger partial charge in [-0.15, -0.1) is 11.8 Å². The van der Waals surface area contributed by atoms with Gasteiger partial charge < -0.3 is 20.6 Å². The molecule has 2 bridgehead atoms. The first kappa shape index (κ1) is 26.5. The standard InChI is InChI=1S/C26H36BrN3O4S/c1-2-3-13-28-24(33)22-26-16-18(27)21(35-26)19(23(32)29-17-11-7-6-8-12-17)20(26)25(34)30(22)14-9-4-5-10-15-31/h6-8,11-12,18-22,31H,2-5,9-10,13-16H2,1H3,(H,28,33)(H,29,32)/t18?,19-,20+,21-,22?,26?/m1/s1. The number of carbonyl (C=O) groups is 3. The Morgan fingerprint density at radius 1 is 1.14 bits per heavy atom. The van der Waals surface area contributed by atoms with Crippen LogP contribution in [0.15, 0.2) is 30.3 Å². The van der Waals surface area contributed by atoms with E-state index in [1.54, 1.807) is 16.7 Å². The lowest BCUT2D eigenvalue weighted by Crippen LogP contribution is -2.54. The van der Waals surface area contributed by atoms with Crippen LogP contribution < -0.4 is 10.6 Å². The van der Waals surface area contributed by atoms with Crippen LogP contribution in [0.5, 0.6) is 0 Å². The molecule has 6 atom stereocenters. The average Bonchev–Trinajstić information content (AvgIpc) is 3.43. The number of rotatable bonds is 12. The van der Waals surface area contributed by atoms with E-state index >= 15 is 0 Å². The molecule has 1 aromatic rings. The minimum Gasteiger partial charge on any atom is -0.396 e. The van der Waals surface area contributed by atoms with Crippen LogP contribution in [0.2, 0.25) is 0 Å². The third-order valence-corrected chi connectivity index (χ3v) is 10.7. The Hall–Kier alpha value is -1.58. The lowest BCUT2D eigenvalue weighted by molar-refractivity contribution is -0.139. The van der Waals surface area contributed by atoms with Gasteiger partial charge in [-0.3, -0.25) is 14.4 Å². The molecule has 3 aliphatic rings. The number of para-hydroxylation sites is 1. The number of hydrogen-bond donors (Lipinski definition) is 3. The highest BCUT2D eigenvalue weighted by Gasteiger charge is 2.75. The van der Waals surface area contributed by atoms with E-state index < -0.39 is 22.6 Å². The highest BCUT2D eigenvalue weighted by molar-refractivity contribution is 9.09. The number of carbonyl (C=O) groups excluding carboxylic acids is 3. The summed E-state index contributed by atoms with van der Waals surface area (Å²) in [7, 11) is 0. The van der Waals surface area contributed by atoms with E-state index in [1.807, 2.05) is 30.3 Å². The highest BCUT2D eigenvalue weighted by Crippen LogP contribution is 2.67. The number of hydrogen-bond acceptors (Lipinski definition) is 5. The van der Waals surface area contributed by atoms with Gasteiger partial charge in [0.05, 0.1) is 16.6 Å². The van der Waals surface area contributed by atoms with E-state index in [2.05, 4.69) is 33.5 Å². The Morgan fingerprint density at radius 3 is 2.60 bits per heavy atom. The van der Waals surface area contributed by atoms with Crippen molar-refractivity contribution in [3.63, 3.8) is 0 Å². The molecule has 3 fully saturated rings. The number of nitrogens with zero attached hydrogens (tertiary/aromatic N) is 1. The Bertz CT molecular complexity index is 919. The number of benzene rings is 1. The zero-order chi connectivity index (χ0) is 25.0. The fourth-order valence-corrected chi connectivity index (χ4v) is 9.56. The molecule has 1 aromatic carbocycles. The van der Waals surface area contributed by atoms with Crippen LogP contribution in [0.3, 0.4) is 0 Å². The van der Waals surface area contributed by atoms with Crippen molar-refractivity contribution < 1.29 is 19.5 Å². The van der Waals surface area contributed by atoms with E-state index in [-0.39, 0.29) is 34.4 Å². The summed E-state index contributed by atoms with van der Waals surface area (Å²) in [5.41, 5.74) is 0.713. The maximum atomic E-state index is 13.9. The largest absolute Gasteiger partial charge is 0.396 e. The molecular weight excluding hydrogens is 530 g/mol. The lowest BCUT2D eigenvalue weighted by atomic mass is 9.70.